The molecule has 0 aliphatic rings. The van der Waals surface area contributed by atoms with Crippen molar-refractivity contribution in [3.05, 3.63) is 34.3 Å². The molecule has 1 N–H and O–H groups in total. The van der Waals surface area contributed by atoms with Gasteiger partial charge in [-0.25, -0.2) is 0 Å². The largest absolute Gasteiger partial charge is 0.388 e. The molecule has 2 heteroatoms. The maximum Gasteiger partial charge on any atom is 0.0790 e. The molecule has 17 heavy (non-hydrogen) atoms. The van der Waals surface area contributed by atoms with Crippen molar-refractivity contribution in [2.45, 2.75) is 53.1 Å². The van der Waals surface area contributed by atoms with Gasteiger partial charge >= 0.3 is 0 Å². The number of hydrogen-bond donors (Lipinski definition) is 1. The molecule has 0 amide bonds. The molecule has 0 spiro atoms. The van der Waals surface area contributed by atoms with Crippen LogP contribution in [-0.2, 0) is 0 Å². The van der Waals surface area contributed by atoms with Gasteiger partial charge in [0, 0.05) is 5.02 Å². The number of halogens is 1. The van der Waals surface area contributed by atoms with Gasteiger partial charge in [-0.15, -0.1) is 0 Å². The van der Waals surface area contributed by atoms with Crippen LogP contribution in [0.1, 0.15) is 57.3 Å². The maximum absolute atomic E-state index is 10.1. The number of aryl methyl sites for hydroxylation is 1. The van der Waals surface area contributed by atoms with E-state index in [2.05, 4.69) is 20.8 Å². The highest BCUT2D eigenvalue weighted by molar-refractivity contribution is 6.30. The Kier molecular flexibility index (Phi) is 5.03. The molecule has 0 heterocycles. The highest BCUT2D eigenvalue weighted by Gasteiger charge is 2.13. The van der Waals surface area contributed by atoms with Gasteiger partial charge in [0.05, 0.1) is 6.10 Å². The number of aliphatic hydroxyl groups is 1. The van der Waals surface area contributed by atoms with Crippen molar-refractivity contribution in [3.8, 4) is 0 Å². The van der Waals surface area contributed by atoms with Crippen LogP contribution in [0.25, 0.3) is 0 Å². The summed E-state index contributed by atoms with van der Waals surface area (Å²) in [6.45, 7) is 8.67. The van der Waals surface area contributed by atoms with E-state index in [1.807, 2.05) is 25.1 Å². The fourth-order valence-electron chi connectivity index (χ4n) is 1.95. The van der Waals surface area contributed by atoms with Gasteiger partial charge in [0.25, 0.3) is 0 Å². The lowest BCUT2D eigenvalue weighted by Gasteiger charge is -2.19. The zero-order chi connectivity index (χ0) is 13.1. The van der Waals surface area contributed by atoms with Gasteiger partial charge in [0.1, 0.15) is 0 Å². The molecule has 0 fully saturated rings. The van der Waals surface area contributed by atoms with Crippen molar-refractivity contribution in [1.29, 1.82) is 0 Å². The lowest BCUT2D eigenvalue weighted by Crippen LogP contribution is -2.06. The molecule has 0 aliphatic heterocycles. The molecule has 0 bridgehead atoms. The van der Waals surface area contributed by atoms with Crippen LogP contribution in [0.5, 0.6) is 0 Å². The number of benzene rings is 1. The topological polar surface area (TPSA) is 20.2 Å². The van der Waals surface area contributed by atoms with Crippen LogP contribution in [-0.4, -0.2) is 5.11 Å². The third-order valence-corrected chi connectivity index (χ3v) is 3.07. The van der Waals surface area contributed by atoms with E-state index in [-0.39, 0.29) is 0 Å². The van der Waals surface area contributed by atoms with Crippen molar-refractivity contribution in [3.63, 3.8) is 0 Å². The standard InChI is InChI=1S/C15H23ClO/c1-11-8-12(10-13(16)9-11)14(17)6-5-7-15(2,3)4/h8-10,14,17H,5-7H2,1-4H3. The van der Waals surface area contributed by atoms with Gasteiger partial charge in [0.15, 0.2) is 0 Å². The third-order valence-electron chi connectivity index (χ3n) is 2.85. The van der Waals surface area contributed by atoms with Gasteiger partial charge < -0.3 is 5.11 Å². The molecule has 96 valence electrons. The van der Waals surface area contributed by atoms with Crippen molar-refractivity contribution in [1.82, 2.24) is 0 Å². The van der Waals surface area contributed by atoms with Gasteiger partial charge in [-0.3, -0.25) is 0 Å². The quantitative estimate of drug-likeness (QED) is 0.810. The summed E-state index contributed by atoms with van der Waals surface area (Å²) >= 11 is 5.99. The minimum Gasteiger partial charge on any atom is -0.388 e. The summed E-state index contributed by atoms with van der Waals surface area (Å²) in [7, 11) is 0. The molecule has 1 aromatic rings. The van der Waals surface area contributed by atoms with Crippen LogP contribution in [0.4, 0.5) is 0 Å². The lowest BCUT2D eigenvalue weighted by molar-refractivity contribution is 0.158. The zero-order valence-corrected chi connectivity index (χ0v) is 12.0. The van der Waals surface area contributed by atoms with Crippen molar-refractivity contribution in [2.75, 3.05) is 0 Å². The van der Waals surface area contributed by atoms with E-state index in [9.17, 15) is 5.11 Å². The Bertz CT molecular complexity index is 345. The van der Waals surface area contributed by atoms with Gasteiger partial charge in [-0.1, -0.05) is 44.9 Å². The first kappa shape index (κ1) is 14.5. The first-order valence-electron chi connectivity index (χ1n) is 6.23. The lowest BCUT2D eigenvalue weighted by atomic mass is 9.88. The number of rotatable bonds is 4. The zero-order valence-electron chi connectivity index (χ0n) is 11.3. The van der Waals surface area contributed by atoms with E-state index in [0.29, 0.717) is 10.4 Å². The van der Waals surface area contributed by atoms with Crippen LogP contribution < -0.4 is 0 Å². The Balaban J connectivity index is 2.55. The van der Waals surface area contributed by atoms with E-state index in [1.54, 1.807) is 0 Å². The highest BCUT2D eigenvalue weighted by Crippen LogP contribution is 2.27. The fraction of sp³-hybridized carbons (Fsp3) is 0.600. The second-order valence-electron chi connectivity index (χ2n) is 6.03. The average Bonchev–Trinajstić information content (AvgIpc) is 2.13. The molecule has 1 unspecified atom stereocenters. The predicted molar refractivity (Wildman–Crippen MR) is 74.5 cm³/mol. The molecule has 1 nitrogen and oxygen atoms in total. The molecule has 0 saturated heterocycles. The SMILES string of the molecule is Cc1cc(Cl)cc(C(O)CCCC(C)(C)C)c1. The minimum atomic E-state index is -0.394. The fourth-order valence-corrected chi connectivity index (χ4v) is 2.25. The summed E-state index contributed by atoms with van der Waals surface area (Å²) in [5.41, 5.74) is 2.37. The third kappa shape index (κ3) is 5.56. The predicted octanol–water partition coefficient (Wildman–Crippen LogP) is 4.90. The second-order valence-corrected chi connectivity index (χ2v) is 6.47. The van der Waals surface area contributed by atoms with Crippen LogP contribution in [0.3, 0.4) is 0 Å². The second kappa shape index (κ2) is 5.88. The molecule has 0 aliphatic carbocycles. The Hall–Kier alpha value is -0.530. The molecule has 0 radical (unpaired) electrons. The first-order valence-corrected chi connectivity index (χ1v) is 6.61. The Morgan fingerprint density at radius 1 is 1.24 bits per heavy atom. The average molecular weight is 255 g/mol. The van der Waals surface area contributed by atoms with Crippen molar-refractivity contribution < 1.29 is 5.11 Å². The van der Waals surface area contributed by atoms with Gasteiger partial charge in [-0.05, 0) is 48.4 Å². The summed E-state index contributed by atoms with van der Waals surface area (Å²) < 4.78 is 0. The molecular formula is C15H23ClO. The van der Waals surface area contributed by atoms with Crippen molar-refractivity contribution >= 4 is 11.6 Å². The number of hydrogen-bond acceptors (Lipinski definition) is 1. The molecule has 1 atom stereocenters. The summed E-state index contributed by atoms with van der Waals surface area (Å²) in [4.78, 5) is 0. The van der Waals surface area contributed by atoms with E-state index < -0.39 is 6.10 Å². The molecule has 0 saturated carbocycles. The van der Waals surface area contributed by atoms with E-state index in [1.165, 1.54) is 0 Å². The minimum absolute atomic E-state index is 0.337. The first-order chi connectivity index (χ1) is 7.78. The van der Waals surface area contributed by atoms with E-state index >= 15 is 0 Å². The Morgan fingerprint density at radius 3 is 2.41 bits per heavy atom. The van der Waals surface area contributed by atoms with E-state index in [0.717, 1.165) is 30.4 Å². The summed E-state index contributed by atoms with van der Waals surface area (Å²) in [6.07, 6.45) is 2.58. The summed E-state index contributed by atoms with van der Waals surface area (Å²) in [5, 5.41) is 10.8. The molecule has 1 aromatic carbocycles. The number of aliphatic hydroxyl groups excluding tert-OH is 1. The van der Waals surface area contributed by atoms with Crippen LogP contribution in [0, 0.1) is 12.3 Å². The molecule has 0 aromatic heterocycles. The Labute approximate surface area is 110 Å². The van der Waals surface area contributed by atoms with Gasteiger partial charge in [-0.2, -0.15) is 0 Å². The molecule has 1 rings (SSSR count). The van der Waals surface area contributed by atoms with Crippen LogP contribution >= 0.6 is 11.6 Å². The summed E-state index contributed by atoms with van der Waals surface area (Å²) in [5.74, 6) is 0. The normalized spacial score (nSPS) is 13.8. The van der Waals surface area contributed by atoms with Crippen molar-refractivity contribution in [2.24, 2.45) is 5.41 Å². The van der Waals surface area contributed by atoms with Crippen LogP contribution in [0.15, 0.2) is 18.2 Å². The smallest absolute Gasteiger partial charge is 0.0790 e. The molecular weight excluding hydrogens is 232 g/mol. The Morgan fingerprint density at radius 2 is 1.88 bits per heavy atom. The van der Waals surface area contributed by atoms with Gasteiger partial charge in [0.2, 0.25) is 0 Å². The van der Waals surface area contributed by atoms with Crippen LogP contribution in [0.2, 0.25) is 5.02 Å². The summed E-state index contributed by atoms with van der Waals surface area (Å²) in [6, 6.07) is 5.77. The maximum atomic E-state index is 10.1. The van der Waals surface area contributed by atoms with E-state index in [4.69, 9.17) is 11.6 Å². The highest BCUT2D eigenvalue weighted by atomic mass is 35.5. The monoisotopic (exact) mass is 254 g/mol.